The second-order valence-corrected chi connectivity index (χ2v) is 20.9. The van der Waals surface area contributed by atoms with Gasteiger partial charge in [-0.05, 0) is 143 Å². The largest absolute Gasteiger partial charge is 0.456 e. The highest BCUT2D eigenvalue weighted by Crippen LogP contribution is 2.30. The Kier molecular flexibility index (Phi) is 17.5. The van der Waals surface area contributed by atoms with Gasteiger partial charge in [-0.15, -0.1) is 22.7 Å². The van der Waals surface area contributed by atoms with E-state index >= 15 is 0 Å². The fraction of sp³-hybridized carbons (Fsp3) is 0.246. The molecule has 3 amide bonds. The Morgan fingerprint density at radius 2 is 1.04 bits per heavy atom. The number of nitrogens with zero attached hydrogens (tertiary/aromatic N) is 2. The Hall–Kier alpha value is -7.79. The number of amides is 3. The first-order valence-corrected chi connectivity index (χ1v) is 25.2. The molecule has 0 aliphatic carbocycles. The van der Waals surface area contributed by atoms with Crippen LogP contribution in [-0.4, -0.2) is 58.5 Å². The second kappa shape index (κ2) is 24.1. The SMILES string of the molecule is Cc1ccc(C(=O)OCc2ccc(C(CN)C(=O)Nc3ccc4cnccc4c3)s2)c(C)c1.Cc1ccc(C(=O)OCc2ccc(C(CNC(=O)OC(C)(C)C)C(=O)Nc3ccc4cnccc4c3)s2)c(C)c1. The monoisotopic (exact) mass is 1020 g/mol. The van der Waals surface area contributed by atoms with Gasteiger partial charge in [-0.1, -0.05) is 47.5 Å². The zero-order chi connectivity index (χ0) is 52.2. The van der Waals surface area contributed by atoms with Gasteiger partial charge in [-0.3, -0.25) is 19.6 Å². The molecular formula is C57H58N6O8S2. The van der Waals surface area contributed by atoms with Crippen LogP contribution in [0.4, 0.5) is 16.2 Å². The number of aromatic nitrogens is 2. The van der Waals surface area contributed by atoms with Gasteiger partial charge in [0.2, 0.25) is 11.8 Å². The van der Waals surface area contributed by atoms with Crippen molar-refractivity contribution in [3.05, 3.63) is 187 Å². The smallest absolute Gasteiger partial charge is 0.407 e. The molecule has 4 heterocycles. The number of thiophene rings is 2. The van der Waals surface area contributed by atoms with Crippen LogP contribution in [0.3, 0.4) is 0 Å². The molecule has 0 aliphatic rings. The van der Waals surface area contributed by atoms with Crippen LogP contribution in [0.5, 0.6) is 0 Å². The van der Waals surface area contributed by atoms with Gasteiger partial charge in [0, 0.05) is 79.5 Å². The average Bonchev–Trinajstić information content (AvgIpc) is 4.02. The fourth-order valence-electron chi connectivity index (χ4n) is 7.79. The Morgan fingerprint density at radius 3 is 1.49 bits per heavy atom. The van der Waals surface area contributed by atoms with E-state index in [-0.39, 0.29) is 44.1 Å². The summed E-state index contributed by atoms with van der Waals surface area (Å²) in [6, 6.07) is 33.6. The number of fused-ring (bicyclic) bond motifs is 2. The van der Waals surface area contributed by atoms with Crippen molar-refractivity contribution in [2.75, 3.05) is 23.7 Å². The third-order valence-electron chi connectivity index (χ3n) is 11.5. The molecule has 4 aromatic heterocycles. The van der Waals surface area contributed by atoms with E-state index in [1.54, 1.807) is 57.7 Å². The highest BCUT2D eigenvalue weighted by molar-refractivity contribution is 7.12. The topological polar surface area (TPSA) is 201 Å². The number of pyridine rings is 2. The van der Waals surface area contributed by atoms with Gasteiger partial charge in [-0.2, -0.15) is 0 Å². The number of aryl methyl sites for hydroxylation is 4. The number of hydrogen-bond acceptors (Lipinski definition) is 13. The lowest BCUT2D eigenvalue weighted by Crippen LogP contribution is -2.37. The van der Waals surface area contributed by atoms with Gasteiger partial charge in [-0.25, -0.2) is 14.4 Å². The minimum atomic E-state index is -0.700. The van der Waals surface area contributed by atoms with E-state index in [0.717, 1.165) is 63.3 Å². The maximum Gasteiger partial charge on any atom is 0.407 e. The van der Waals surface area contributed by atoms with E-state index < -0.39 is 29.5 Å². The molecule has 2 unspecified atom stereocenters. The van der Waals surface area contributed by atoms with E-state index in [1.807, 2.05) is 125 Å². The van der Waals surface area contributed by atoms with Crippen molar-refractivity contribution in [2.45, 2.75) is 79.1 Å². The van der Waals surface area contributed by atoms with Gasteiger partial charge in [0.15, 0.2) is 0 Å². The normalized spacial score (nSPS) is 11.9. The third kappa shape index (κ3) is 14.7. The number of rotatable bonds is 15. The van der Waals surface area contributed by atoms with Crippen LogP contribution in [0.1, 0.15) is 95.1 Å². The zero-order valence-corrected chi connectivity index (χ0v) is 43.4. The van der Waals surface area contributed by atoms with Crippen molar-refractivity contribution in [1.29, 1.82) is 0 Å². The van der Waals surface area contributed by atoms with Crippen molar-refractivity contribution < 1.29 is 38.2 Å². The Balaban J connectivity index is 0.000000218. The average molecular weight is 1020 g/mol. The summed E-state index contributed by atoms with van der Waals surface area (Å²) in [5.41, 5.74) is 11.6. The highest BCUT2D eigenvalue weighted by atomic mass is 32.1. The van der Waals surface area contributed by atoms with Gasteiger partial charge in [0.1, 0.15) is 18.8 Å². The zero-order valence-electron chi connectivity index (χ0n) is 41.7. The Labute approximate surface area is 432 Å². The molecule has 0 radical (unpaired) electrons. The number of anilines is 2. The fourth-order valence-corrected chi connectivity index (χ4v) is 9.85. The number of carbonyl (C=O) groups is 5. The van der Waals surface area contributed by atoms with Crippen LogP contribution < -0.4 is 21.7 Å². The predicted octanol–water partition coefficient (Wildman–Crippen LogP) is 11.5. The molecule has 376 valence electrons. The molecule has 0 aliphatic heterocycles. The van der Waals surface area contributed by atoms with Crippen LogP contribution in [0.25, 0.3) is 21.5 Å². The first-order valence-electron chi connectivity index (χ1n) is 23.5. The first-order chi connectivity index (χ1) is 34.9. The summed E-state index contributed by atoms with van der Waals surface area (Å²) >= 11 is 2.78. The predicted molar refractivity (Wildman–Crippen MR) is 288 cm³/mol. The molecule has 8 rings (SSSR count). The number of nitrogens with two attached hydrogens (primary N) is 1. The number of ether oxygens (including phenoxy) is 3. The summed E-state index contributed by atoms with van der Waals surface area (Å²) in [6.07, 6.45) is 6.35. The van der Waals surface area contributed by atoms with E-state index in [9.17, 15) is 24.0 Å². The molecule has 0 bridgehead atoms. The Bertz CT molecular complexity index is 3290. The summed E-state index contributed by atoms with van der Waals surface area (Å²) < 4.78 is 16.4. The molecule has 0 saturated heterocycles. The molecule has 2 atom stereocenters. The standard InChI is InChI=1S/C31H33N3O5S.C26H25N3O3S/c1-19-6-10-25(20(2)14-19)29(36)38-18-24-9-11-27(40-24)26(17-33-30(37)39-31(3,4)5)28(35)34-23-8-7-22-16-32-13-12-21(22)15-23;1-16-3-7-22(17(2)11-16)26(31)32-15-21-6-8-24(33-21)23(13-27)25(30)29-20-5-4-19-14-28-10-9-18(19)12-20/h6-16,26H,17-18H2,1-5H3,(H,33,37)(H,34,35);3-12,14,23H,13,15,27H2,1-2H3,(H,29,30). The minimum Gasteiger partial charge on any atom is -0.456 e. The van der Waals surface area contributed by atoms with Crippen LogP contribution in [0.15, 0.2) is 134 Å². The van der Waals surface area contributed by atoms with Crippen LogP contribution in [-0.2, 0) is 37.0 Å². The molecule has 0 fully saturated rings. The van der Waals surface area contributed by atoms with Crippen LogP contribution >= 0.6 is 22.7 Å². The van der Waals surface area contributed by atoms with Crippen molar-refractivity contribution in [3.63, 3.8) is 0 Å². The summed E-state index contributed by atoms with van der Waals surface area (Å²) in [6.45, 7) is 13.5. The van der Waals surface area contributed by atoms with Crippen LogP contribution in [0, 0.1) is 27.7 Å². The van der Waals surface area contributed by atoms with Crippen molar-refractivity contribution in [2.24, 2.45) is 5.73 Å². The number of carbonyl (C=O) groups excluding carboxylic acids is 5. The minimum absolute atomic E-state index is 0.0283. The van der Waals surface area contributed by atoms with Crippen molar-refractivity contribution in [1.82, 2.24) is 15.3 Å². The molecule has 0 saturated carbocycles. The molecule has 8 aromatic rings. The quantitative estimate of drug-likeness (QED) is 0.0562. The van der Waals surface area contributed by atoms with E-state index in [0.29, 0.717) is 22.5 Å². The summed E-state index contributed by atoms with van der Waals surface area (Å²) in [4.78, 5) is 75.3. The number of hydrogen-bond donors (Lipinski definition) is 4. The first kappa shape index (κ1) is 53.0. The van der Waals surface area contributed by atoms with Crippen molar-refractivity contribution >= 4 is 85.4 Å². The van der Waals surface area contributed by atoms with Crippen molar-refractivity contribution in [3.8, 4) is 0 Å². The molecule has 16 heteroatoms. The summed E-state index contributed by atoms with van der Waals surface area (Å²) in [5, 5.41) is 12.5. The lowest BCUT2D eigenvalue weighted by Gasteiger charge is -2.21. The number of esters is 2. The second-order valence-electron chi connectivity index (χ2n) is 18.5. The molecular weight excluding hydrogens is 961 g/mol. The summed E-state index contributed by atoms with van der Waals surface area (Å²) in [5.74, 6) is -2.42. The van der Waals surface area contributed by atoms with Gasteiger partial charge >= 0.3 is 18.0 Å². The van der Waals surface area contributed by atoms with Gasteiger partial charge < -0.3 is 35.9 Å². The van der Waals surface area contributed by atoms with Gasteiger partial charge in [0.05, 0.1) is 23.0 Å². The van der Waals surface area contributed by atoms with E-state index in [4.69, 9.17) is 19.9 Å². The molecule has 0 spiro atoms. The molecule has 14 nitrogen and oxygen atoms in total. The number of nitrogens with one attached hydrogen (secondary N) is 3. The van der Waals surface area contributed by atoms with E-state index in [2.05, 4.69) is 25.9 Å². The molecule has 5 N–H and O–H groups in total. The number of alkyl carbamates (subject to hydrolysis) is 1. The summed E-state index contributed by atoms with van der Waals surface area (Å²) in [7, 11) is 0. The maximum absolute atomic E-state index is 13.5. The maximum atomic E-state index is 13.5. The van der Waals surface area contributed by atoms with Gasteiger partial charge in [0.25, 0.3) is 0 Å². The lowest BCUT2D eigenvalue weighted by atomic mass is 10.1. The van der Waals surface area contributed by atoms with E-state index in [1.165, 1.54) is 22.7 Å². The highest BCUT2D eigenvalue weighted by Gasteiger charge is 2.26. The van der Waals surface area contributed by atoms with Crippen LogP contribution in [0.2, 0.25) is 0 Å². The molecule has 4 aromatic carbocycles. The Morgan fingerprint density at radius 1 is 0.575 bits per heavy atom. The number of benzene rings is 4. The molecule has 73 heavy (non-hydrogen) atoms. The lowest BCUT2D eigenvalue weighted by molar-refractivity contribution is -0.118. The third-order valence-corrected chi connectivity index (χ3v) is 13.8.